The molecule has 0 bridgehead atoms. The van der Waals surface area contributed by atoms with Gasteiger partial charge < -0.3 is 14.9 Å². The molecule has 1 heterocycles. The molecule has 86 valence electrons. The van der Waals surface area contributed by atoms with Crippen LogP contribution in [0.25, 0.3) is 0 Å². The zero-order valence-corrected chi connectivity index (χ0v) is 8.61. The van der Waals surface area contributed by atoms with E-state index in [1.807, 2.05) is 30.3 Å². The Bertz CT molecular complexity index is 368. The molecule has 0 aromatic heterocycles. The topological polar surface area (TPSA) is 70.0 Å². The second-order valence-corrected chi connectivity index (χ2v) is 3.67. The highest BCUT2D eigenvalue weighted by molar-refractivity contribution is 5.69. The van der Waals surface area contributed by atoms with Gasteiger partial charge in [0.1, 0.15) is 12.7 Å². The predicted octanol–water partition coefficient (Wildman–Crippen LogP) is 0.318. The molecule has 0 spiro atoms. The van der Waals surface area contributed by atoms with Crippen molar-refractivity contribution in [2.45, 2.75) is 18.9 Å². The summed E-state index contributed by atoms with van der Waals surface area (Å²) in [7, 11) is 0. The number of β-amino-alcohol motifs (C(OH)–C–C–N with tert-alkyl or cyclic N) is 1. The number of benzene rings is 1. The van der Waals surface area contributed by atoms with Gasteiger partial charge in [-0.05, 0) is 5.56 Å². The third-order valence-corrected chi connectivity index (χ3v) is 2.49. The maximum absolute atomic E-state index is 11.4. The fourth-order valence-corrected chi connectivity index (χ4v) is 1.46. The Morgan fingerprint density at radius 3 is 2.62 bits per heavy atom. The third-order valence-electron chi connectivity index (χ3n) is 2.49. The lowest BCUT2D eigenvalue weighted by Gasteiger charge is -2.40. The van der Waals surface area contributed by atoms with E-state index >= 15 is 0 Å². The quantitative estimate of drug-likeness (QED) is 0.757. The van der Waals surface area contributed by atoms with E-state index in [4.69, 9.17) is 9.84 Å². The smallest absolute Gasteiger partial charge is 0.412 e. The molecule has 1 aliphatic heterocycles. The normalized spacial score (nSPS) is 23.8. The molecular formula is C11H13NO4. The monoisotopic (exact) mass is 223 g/mol. The summed E-state index contributed by atoms with van der Waals surface area (Å²) in [5, 5.41) is 18.2. The number of ether oxygens (including phenoxy) is 1. The van der Waals surface area contributed by atoms with Crippen LogP contribution in [0.3, 0.4) is 0 Å². The van der Waals surface area contributed by atoms with Gasteiger partial charge in [-0.3, -0.25) is 4.90 Å². The Balaban J connectivity index is 1.81. The molecule has 1 saturated heterocycles. The van der Waals surface area contributed by atoms with Crippen molar-refractivity contribution in [3.8, 4) is 0 Å². The van der Waals surface area contributed by atoms with Crippen molar-refractivity contribution in [1.82, 2.24) is 4.90 Å². The van der Waals surface area contributed by atoms with E-state index in [9.17, 15) is 9.90 Å². The first-order chi connectivity index (χ1) is 7.68. The molecule has 0 aliphatic carbocycles. The van der Waals surface area contributed by atoms with Gasteiger partial charge in [-0.15, -0.1) is 0 Å². The summed E-state index contributed by atoms with van der Waals surface area (Å²) in [5.41, 5.74) is 0.881. The number of nitrogens with zero attached hydrogens (tertiary/aromatic N) is 1. The molecule has 1 aromatic rings. The van der Waals surface area contributed by atoms with Crippen molar-refractivity contribution in [3.63, 3.8) is 0 Å². The summed E-state index contributed by atoms with van der Waals surface area (Å²) in [6, 6.07) is 9.26. The van der Waals surface area contributed by atoms with Crippen LogP contribution in [0.4, 0.5) is 4.79 Å². The maximum Gasteiger partial charge on any atom is 0.412 e. The lowest BCUT2D eigenvalue weighted by Crippen LogP contribution is -2.62. The van der Waals surface area contributed by atoms with E-state index < -0.39 is 18.4 Å². The zero-order chi connectivity index (χ0) is 11.5. The van der Waals surface area contributed by atoms with Gasteiger partial charge in [0.15, 0.2) is 6.23 Å². The fourth-order valence-electron chi connectivity index (χ4n) is 1.46. The molecule has 0 radical (unpaired) electrons. The largest absolute Gasteiger partial charge is 0.444 e. The number of hydrogen-bond acceptors (Lipinski definition) is 4. The van der Waals surface area contributed by atoms with Crippen LogP contribution in [0.5, 0.6) is 0 Å². The first-order valence-electron chi connectivity index (χ1n) is 5.02. The SMILES string of the molecule is O=C(OCc1ccccc1)N1C[C@@H](O)[C@H]1O. The highest BCUT2D eigenvalue weighted by Gasteiger charge is 2.40. The summed E-state index contributed by atoms with van der Waals surface area (Å²) in [6.07, 6.45) is -2.60. The van der Waals surface area contributed by atoms with Crippen LogP contribution in [0.2, 0.25) is 0 Å². The molecular weight excluding hydrogens is 210 g/mol. The Morgan fingerprint density at radius 1 is 1.38 bits per heavy atom. The van der Waals surface area contributed by atoms with E-state index in [0.717, 1.165) is 10.5 Å². The first-order valence-corrected chi connectivity index (χ1v) is 5.02. The van der Waals surface area contributed by atoms with Crippen LogP contribution in [0.15, 0.2) is 30.3 Å². The number of aliphatic hydroxyl groups is 2. The van der Waals surface area contributed by atoms with Crippen LogP contribution in [0.1, 0.15) is 5.56 Å². The number of carbonyl (C=O) groups excluding carboxylic acids is 1. The van der Waals surface area contributed by atoms with E-state index in [1.165, 1.54) is 0 Å². The Hall–Kier alpha value is -1.59. The van der Waals surface area contributed by atoms with E-state index in [2.05, 4.69) is 0 Å². The van der Waals surface area contributed by atoms with E-state index in [0.29, 0.717) is 0 Å². The van der Waals surface area contributed by atoms with Crippen molar-refractivity contribution >= 4 is 6.09 Å². The summed E-state index contributed by atoms with van der Waals surface area (Å²) >= 11 is 0. The minimum atomic E-state index is -1.14. The number of amides is 1. The van der Waals surface area contributed by atoms with Crippen molar-refractivity contribution in [2.75, 3.05) is 6.54 Å². The van der Waals surface area contributed by atoms with Gasteiger partial charge in [0.25, 0.3) is 0 Å². The Kier molecular flexibility index (Phi) is 3.07. The molecule has 0 unspecified atom stereocenters. The number of aliphatic hydroxyl groups excluding tert-OH is 2. The van der Waals surface area contributed by atoms with Crippen LogP contribution >= 0.6 is 0 Å². The lowest BCUT2D eigenvalue weighted by molar-refractivity contribution is -0.155. The highest BCUT2D eigenvalue weighted by atomic mass is 16.6. The van der Waals surface area contributed by atoms with Gasteiger partial charge in [0.2, 0.25) is 0 Å². The molecule has 1 aromatic carbocycles. The van der Waals surface area contributed by atoms with Gasteiger partial charge in [-0.1, -0.05) is 30.3 Å². The number of carbonyl (C=O) groups is 1. The molecule has 2 atom stereocenters. The number of likely N-dealkylation sites (tertiary alicyclic amines) is 1. The number of hydrogen-bond donors (Lipinski definition) is 2. The molecule has 5 nitrogen and oxygen atoms in total. The Morgan fingerprint density at radius 2 is 2.06 bits per heavy atom. The second-order valence-electron chi connectivity index (χ2n) is 3.67. The Labute approximate surface area is 92.9 Å². The number of rotatable bonds is 2. The molecule has 5 heteroatoms. The average molecular weight is 223 g/mol. The predicted molar refractivity (Wildman–Crippen MR) is 55.3 cm³/mol. The van der Waals surface area contributed by atoms with E-state index in [1.54, 1.807) is 0 Å². The van der Waals surface area contributed by atoms with Gasteiger partial charge in [0, 0.05) is 0 Å². The van der Waals surface area contributed by atoms with Crippen LogP contribution < -0.4 is 0 Å². The van der Waals surface area contributed by atoms with Crippen LogP contribution in [-0.2, 0) is 11.3 Å². The van der Waals surface area contributed by atoms with Crippen molar-refractivity contribution in [1.29, 1.82) is 0 Å². The molecule has 0 saturated carbocycles. The molecule has 1 aliphatic rings. The van der Waals surface area contributed by atoms with Crippen LogP contribution in [0, 0.1) is 0 Å². The average Bonchev–Trinajstić information content (AvgIpc) is 2.33. The van der Waals surface area contributed by atoms with Gasteiger partial charge >= 0.3 is 6.09 Å². The lowest BCUT2D eigenvalue weighted by atomic mass is 10.1. The van der Waals surface area contributed by atoms with Crippen molar-refractivity contribution in [3.05, 3.63) is 35.9 Å². The maximum atomic E-state index is 11.4. The summed E-state index contributed by atoms with van der Waals surface area (Å²) in [6.45, 7) is 0.285. The summed E-state index contributed by atoms with van der Waals surface area (Å²) in [4.78, 5) is 12.5. The fraction of sp³-hybridized carbons (Fsp3) is 0.364. The minimum absolute atomic E-state index is 0.120. The standard InChI is InChI=1S/C11H13NO4/c13-9-6-12(10(9)14)11(15)16-7-8-4-2-1-3-5-8/h1-5,9-10,13-14H,6-7H2/t9-,10-/m1/s1. The van der Waals surface area contributed by atoms with Gasteiger partial charge in [-0.2, -0.15) is 0 Å². The summed E-state index contributed by atoms with van der Waals surface area (Å²) < 4.78 is 4.97. The molecule has 2 N–H and O–H groups in total. The molecule has 2 rings (SSSR count). The molecule has 1 fully saturated rings. The second kappa shape index (κ2) is 4.51. The highest BCUT2D eigenvalue weighted by Crippen LogP contribution is 2.17. The van der Waals surface area contributed by atoms with Crippen molar-refractivity contribution in [2.24, 2.45) is 0 Å². The van der Waals surface area contributed by atoms with Crippen molar-refractivity contribution < 1.29 is 19.7 Å². The van der Waals surface area contributed by atoms with E-state index in [-0.39, 0.29) is 13.2 Å². The van der Waals surface area contributed by atoms with Gasteiger partial charge in [-0.25, -0.2) is 4.79 Å². The van der Waals surface area contributed by atoms with Gasteiger partial charge in [0.05, 0.1) is 6.54 Å². The minimum Gasteiger partial charge on any atom is -0.444 e. The third kappa shape index (κ3) is 2.15. The first kappa shape index (κ1) is 10.9. The molecule has 1 amide bonds. The summed E-state index contributed by atoms with van der Waals surface area (Å²) in [5.74, 6) is 0. The molecule has 16 heavy (non-hydrogen) atoms. The zero-order valence-electron chi connectivity index (χ0n) is 8.61. The van der Waals surface area contributed by atoms with Crippen LogP contribution in [-0.4, -0.2) is 40.1 Å².